The first kappa shape index (κ1) is 14.3. The van der Waals surface area contributed by atoms with Crippen LogP contribution in [0.3, 0.4) is 0 Å². The molecule has 0 aromatic carbocycles. The average molecular weight is 252 g/mol. The summed E-state index contributed by atoms with van der Waals surface area (Å²) in [6.45, 7) is 7.53. The Bertz CT molecular complexity index is 209. The van der Waals surface area contributed by atoms with E-state index in [1.165, 1.54) is 84.0 Å². The van der Waals surface area contributed by atoms with Gasteiger partial charge in [0.2, 0.25) is 0 Å². The molecule has 0 spiro atoms. The molecule has 1 N–H and O–H groups in total. The van der Waals surface area contributed by atoms with Crippen molar-refractivity contribution < 1.29 is 0 Å². The van der Waals surface area contributed by atoms with Crippen LogP contribution in [-0.4, -0.2) is 37.1 Å². The number of hydrogen-bond donors (Lipinski definition) is 1. The molecule has 2 nitrogen and oxygen atoms in total. The van der Waals surface area contributed by atoms with Gasteiger partial charge in [0.15, 0.2) is 0 Å². The maximum atomic E-state index is 3.60. The third kappa shape index (κ3) is 5.71. The van der Waals surface area contributed by atoms with Crippen LogP contribution in [0.2, 0.25) is 0 Å². The summed E-state index contributed by atoms with van der Waals surface area (Å²) in [7, 11) is 0. The van der Waals surface area contributed by atoms with E-state index in [9.17, 15) is 0 Å². The zero-order valence-corrected chi connectivity index (χ0v) is 12.3. The normalized spacial score (nSPS) is 20.3. The van der Waals surface area contributed by atoms with Gasteiger partial charge in [-0.15, -0.1) is 0 Å². The predicted octanol–water partition coefficient (Wildman–Crippen LogP) is 3.42. The highest BCUT2D eigenvalue weighted by Gasteiger charge is 2.20. The summed E-state index contributed by atoms with van der Waals surface area (Å²) in [5.74, 6) is 1.03. The first-order valence-corrected chi connectivity index (χ1v) is 8.34. The molecule has 2 aliphatic carbocycles. The van der Waals surface area contributed by atoms with Gasteiger partial charge >= 0.3 is 0 Å². The molecule has 2 saturated carbocycles. The Morgan fingerprint density at radius 3 is 2.39 bits per heavy atom. The van der Waals surface area contributed by atoms with E-state index in [1.807, 2.05) is 0 Å². The second-order valence-electron chi connectivity index (χ2n) is 6.33. The maximum Gasteiger partial charge on any atom is 0.00682 e. The van der Waals surface area contributed by atoms with Gasteiger partial charge in [0, 0.05) is 12.6 Å². The lowest BCUT2D eigenvalue weighted by Gasteiger charge is -2.31. The van der Waals surface area contributed by atoms with Crippen LogP contribution in [0, 0.1) is 5.92 Å². The topological polar surface area (TPSA) is 15.3 Å². The van der Waals surface area contributed by atoms with Crippen LogP contribution in [0.1, 0.15) is 64.7 Å². The third-order valence-electron chi connectivity index (χ3n) is 4.60. The van der Waals surface area contributed by atoms with Crippen molar-refractivity contribution >= 4 is 0 Å². The first-order valence-electron chi connectivity index (χ1n) is 8.34. The summed E-state index contributed by atoms with van der Waals surface area (Å²) in [4.78, 5) is 2.67. The minimum Gasteiger partial charge on any atom is -0.314 e. The van der Waals surface area contributed by atoms with Crippen molar-refractivity contribution in [2.24, 2.45) is 5.92 Å². The summed E-state index contributed by atoms with van der Waals surface area (Å²) in [6, 6.07) is 0.892. The molecule has 0 amide bonds. The molecular formula is C16H32N2. The molecular weight excluding hydrogens is 220 g/mol. The molecule has 0 atom stereocenters. The number of rotatable bonds is 11. The number of nitrogens with zero attached hydrogens (tertiary/aromatic N) is 1. The van der Waals surface area contributed by atoms with E-state index in [4.69, 9.17) is 0 Å². The zero-order valence-electron chi connectivity index (χ0n) is 12.3. The minimum absolute atomic E-state index is 0.892. The SMILES string of the molecule is CCN(CCCCCCNC1CC1)CC1CCC1. The lowest BCUT2D eigenvalue weighted by atomic mass is 9.85. The van der Waals surface area contributed by atoms with E-state index < -0.39 is 0 Å². The summed E-state index contributed by atoms with van der Waals surface area (Å²) in [5.41, 5.74) is 0. The summed E-state index contributed by atoms with van der Waals surface area (Å²) in [5, 5.41) is 3.60. The predicted molar refractivity (Wildman–Crippen MR) is 78.9 cm³/mol. The zero-order chi connectivity index (χ0) is 12.6. The fraction of sp³-hybridized carbons (Fsp3) is 1.00. The van der Waals surface area contributed by atoms with Crippen molar-refractivity contribution in [2.45, 2.75) is 70.8 Å². The Kier molecular flexibility index (Phi) is 6.50. The second-order valence-corrected chi connectivity index (χ2v) is 6.33. The van der Waals surface area contributed by atoms with E-state index in [0.29, 0.717) is 0 Å². The van der Waals surface area contributed by atoms with Crippen molar-refractivity contribution in [2.75, 3.05) is 26.2 Å². The Morgan fingerprint density at radius 1 is 1.00 bits per heavy atom. The Labute approximate surface area is 114 Å². The van der Waals surface area contributed by atoms with Crippen molar-refractivity contribution in [3.63, 3.8) is 0 Å². The van der Waals surface area contributed by atoms with Gasteiger partial charge in [-0.2, -0.15) is 0 Å². The number of nitrogens with one attached hydrogen (secondary N) is 1. The Morgan fingerprint density at radius 2 is 1.78 bits per heavy atom. The summed E-state index contributed by atoms with van der Waals surface area (Å²) in [6.07, 6.45) is 12.9. The van der Waals surface area contributed by atoms with Crippen LogP contribution in [0.5, 0.6) is 0 Å². The molecule has 0 radical (unpaired) electrons. The number of unbranched alkanes of at least 4 members (excludes halogenated alkanes) is 3. The largest absolute Gasteiger partial charge is 0.314 e. The molecule has 0 saturated heterocycles. The smallest absolute Gasteiger partial charge is 0.00682 e. The molecule has 2 fully saturated rings. The van der Waals surface area contributed by atoms with Gasteiger partial charge < -0.3 is 10.2 Å². The van der Waals surface area contributed by atoms with E-state index in [2.05, 4.69) is 17.1 Å². The standard InChI is InChI=1S/C16H32N2/c1-2-18(14-15-8-7-9-15)13-6-4-3-5-12-17-16-10-11-16/h15-17H,2-14H2,1H3. The van der Waals surface area contributed by atoms with Gasteiger partial charge in [0.1, 0.15) is 0 Å². The lowest BCUT2D eigenvalue weighted by Crippen LogP contribution is -2.33. The monoisotopic (exact) mass is 252 g/mol. The van der Waals surface area contributed by atoms with E-state index >= 15 is 0 Å². The fourth-order valence-corrected chi connectivity index (χ4v) is 2.83. The van der Waals surface area contributed by atoms with Crippen molar-refractivity contribution in [3.05, 3.63) is 0 Å². The minimum atomic E-state index is 0.892. The van der Waals surface area contributed by atoms with Crippen LogP contribution in [0.25, 0.3) is 0 Å². The Hall–Kier alpha value is -0.0800. The van der Waals surface area contributed by atoms with Gasteiger partial charge in [-0.25, -0.2) is 0 Å². The van der Waals surface area contributed by atoms with Crippen LogP contribution in [0.4, 0.5) is 0 Å². The van der Waals surface area contributed by atoms with Gasteiger partial charge in [-0.3, -0.25) is 0 Å². The molecule has 0 aliphatic heterocycles. The second kappa shape index (κ2) is 8.16. The quantitative estimate of drug-likeness (QED) is 0.567. The summed E-state index contributed by atoms with van der Waals surface area (Å²) >= 11 is 0. The molecule has 0 bridgehead atoms. The van der Waals surface area contributed by atoms with Crippen LogP contribution < -0.4 is 5.32 Å². The molecule has 0 unspecified atom stereocenters. The van der Waals surface area contributed by atoms with Crippen molar-refractivity contribution in [1.82, 2.24) is 10.2 Å². The van der Waals surface area contributed by atoms with Crippen LogP contribution in [0.15, 0.2) is 0 Å². The van der Waals surface area contributed by atoms with Crippen molar-refractivity contribution in [3.8, 4) is 0 Å². The van der Waals surface area contributed by atoms with Gasteiger partial charge in [-0.1, -0.05) is 26.2 Å². The van der Waals surface area contributed by atoms with Gasteiger partial charge in [-0.05, 0) is 64.1 Å². The van der Waals surface area contributed by atoms with E-state index in [1.54, 1.807) is 0 Å². The highest BCUT2D eigenvalue weighted by Crippen LogP contribution is 2.27. The summed E-state index contributed by atoms with van der Waals surface area (Å²) < 4.78 is 0. The molecule has 0 aromatic rings. The van der Waals surface area contributed by atoms with Crippen molar-refractivity contribution in [1.29, 1.82) is 0 Å². The maximum absolute atomic E-state index is 3.60. The number of hydrogen-bond acceptors (Lipinski definition) is 2. The fourth-order valence-electron chi connectivity index (χ4n) is 2.83. The molecule has 106 valence electrons. The molecule has 2 aliphatic rings. The molecule has 18 heavy (non-hydrogen) atoms. The molecule has 2 rings (SSSR count). The van der Waals surface area contributed by atoms with E-state index in [0.717, 1.165) is 12.0 Å². The average Bonchev–Trinajstić information content (AvgIpc) is 3.13. The molecule has 0 aromatic heterocycles. The first-order chi connectivity index (χ1) is 8.88. The van der Waals surface area contributed by atoms with Crippen LogP contribution in [-0.2, 0) is 0 Å². The Balaban J connectivity index is 1.37. The lowest BCUT2D eigenvalue weighted by molar-refractivity contribution is 0.181. The highest BCUT2D eigenvalue weighted by atomic mass is 15.1. The van der Waals surface area contributed by atoms with Crippen LogP contribution >= 0.6 is 0 Å². The van der Waals surface area contributed by atoms with Gasteiger partial charge in [0.25, 0.3) is 0 Å². The highest BCUT2D eigenvalue weighted by molar-refractivity contribution is 4.80. The van der Waals surface area contributed by atoms with Gasteiger partial charge in [0.05, 0.1) is 0 Å². The molecule has 0 heterocycles. The van der Waals surface area contributed by atoms with E-state index in [-0.39, 0.29) is 0 Å². The molecule has 2 heteroatoms. The third-order valence-corrected chi connectivity index (χ3v) is 4.60.